The van der Waals surface area contributed by atoms with Crippen molar-refractivity contribution in [1.29, 1.82) is 0 Å². The number of benzene rings is 1. The van der Waals surface area contributed by atoms with Gasteiger partial charge in [-0.15, -0.1) is 0 Å². The second-order valence-electron chi connectivity index (χ2n) is 3.95. The molecule has 4 nitrogen and oxygen atoms in total. The molecule has 0 aliphatic rings. The van der Waals surface area contributed by atoms with E-state index in [1.807, 2.05) is 37.3 Å². The molecule has 0 aliphatic carbocycles. The summed E-state index contributed by atoms with van der Waals surface area (Å²) in [7, 11) is 0. The maximum absolute atomic E-state index is 11.9. The standard InChI is InChI=1S/C15H16N2O2/c1-2-19-15-13(9-6-10-16-15)11-17-14(18)12-7-4-3-5-8-12/h3-10H,2,11H2,1H3,(H,17,18). The van der Waals surface area contributed by atoms with Gasteiger partial charge in [-0.2, -0.15) is 0 Å². The first-order chi connectivity index (χ1) is 9.31. The summed E-state index contributed by atoms with van der Waals surface area (Å²) in [6.45, 7) is 2.86. The molecule has 98 valence electrons. The number of hydrogen-bond acceptors (Lipinski definition) is 3. The predicted molar refractivity (Wildman–Crippen MR) is 73.0 cm³/mol. The lowest BCUT2D eigenvalue weighted by atomic mass is 10.2. The summed E-state index contributed by atoms with van der Waals surface area (Å²) < 4.78 is 5.41. The molecule has 0 unspecified atom stereocenters. The third kappa shape index (κ3) is 3.55. The van der Waals surface area contributed by atoms with Gasteiger partial charge in [0.1, 0.15) is 0 Å². The predicted octanol–water partition coefficient (Wildman–Crippen LogP) is 2.41. The smallest absolute Gasteiger partial charge is 0.251 e. The summed E-state index contributed by atoms with van der Waals surface area (Å²) >= 11 is 0. The molecule has 2 aromatic rings. The molecule has 1 amide bonds. The Hall–Kier alpha value is -2.36. The highest BCUT2D eigenvalue weighted by atomic mass is 16.5. The molecule has 0 aliphatic heterocycles. The quantitative estimate of drug-likeness (QED) is 0.893. The summed E-state index contributed by atoms with van der Waals surface area (Å²) in [5.74, 6) is 0.463. The van der Waals surface area contributed by atoms with Gasteiger partial charge in [-0.1, -0.05) is 24.3 Å². The highest BCUT2D eigenvalue weighted by molar-refractivity contribution is 5.94. The molecule has 0 atom stereocenters. The van der Waals surface area contributed by atoms with Crippen LogP contribution in [0, 0.1) is 0 Å². The van der Waals surface area contributed by atoms with Gasteiger partial charge in [0, 0.05) is 23.9 Å². The Morgan fingerprint density at radius 3 is 2.74 bits per heavy atom. The number of carbonyl (C=O) groups is 1. The van der Waals surface area contributed by atoms with E-state index in [4.69, 9.17) is 4.74 Å². The van der Waals surface area contributed by atoms with E-state index in [1.54, 1.807) is 18.3 Å². The minimum Gasteiger partial charge on any atom is -0.478 e. The van der Waals surface area contributed by atoms with Gasteiger partial charge in [0.25, 0.3) is 5.91 Å². The van der Waals surface area contributed by atoms with E-state index in [-0.39, 0.29) is 5.91 Å². The Balaban J connectivity index is 2.01. The molecule has 2 rings (SSSR count). The van der Waals surface area contributed by atoms with Crippen LogP contribution in [-0.4, -0.2) is 17.5 Å². The molecule has 0 saturated heterocycles. The fraction of sp³-hybridized carbons (Fsp3) is 0.200. The zero-order chi connectivity index (χ0) is 13.5. The second-order valence-corrected chi connectivity index (χ2v) is 3.95. The lowest BCUT2D eigenvalue weighted by Crippen LogP contribution is -2.23. The van der Waals surface area contributed by atoms with Gasteiger partial charge < -0.3 is 10.1 Å². The van der Waals surface area contributed by atoms with E-state index in [0.717, 1.165) is 5.56 Å². The number of nitrogens with one attached hydrogen (secondary N) is 1. The van der Waals surface area contributed by atoms with Crippen molar-refractivity contribution in [3.8, 4) is 5.88 Å². The molecule has 0 bridgehead atoms. The Morgan fingerprint density at radius 1 is 1.21 bits per heavy atom. The largest absolute Gasteiger partial charge is 0.478 e. The molecular formula is C15H16N2O2. The van der Waals surface area contributed by atoms with Crippen molar-refractivity contribution < 1.29 is 9.53 Å². The van der Waals surface area contributed by atoms with Crippen molar-refractivity contribution in [2.75, 3.05) is 6.61 Å². The topological polar surface area (TPSA) is 51.2 Å². The van der Waals surface area contributed by atoms with Crippen LogP contribution in [0.4, 0.5) is 0 Å². The number of hydrogen-bond donors (Lipinski definition) is 1. The number of pyridine rings is 1. The minimum absolute atomic E-state index is 0.105. The van der Waals surface area contributed by atoms with E-state index < -0.39 is 0 Å². The maximum Gasteiger partial charge on any atom is 0.251 e. The normalized spacial score (nSPS) is 9.95. The summed E-state index contributed by atoms with van der Waals surface area (Å²) in [5.41, 5.74) is 1.51. The Labute approximate surface area is 112 Å². The molecule has 1 aromatic heterocycles. The van der Waals surface area contributed by atoms with Gasteiger partial charge >= 0.3 is 0 Å². The van der Waals surface area contributed by atoms with Crippen molar-refractivity contribution in [1.82, 2.24) is 10.3 Å². The average Bonchev–Trinajstić information content (AvgIpc) is 2.47. The summed E-state index contributed by atoms with van der Waals surface area (Å²) in [6.07, 6.45) is 1.67. The lowest BCUT2D eigenvalue weighted by molar-refractivity contribution is 0.0950. The SMILES string of the molecule is CCOc1ncccc1CNC(=O)c1ccccc1. The maximum atomic E-state index is 11.9. The van der Waals surface area contributed by atoms with E-state index >= 15 is 0 Å². The molecule has 0 saturated carbocycles. The molecule has 0 spiro atoms. The first-order valence-electron chi connectivity index (χ1n) is 6.21. The fourth-order valence-corrected chi connectivity index (χ4v) is 1.69. The van der Waals surface area contributed by atoms with Crippen LogP contribution >= 0.6 is 0 Å². The average molecular weight is 256 g/mol. The second kappa shape index (κ2) is 6.54. The van der Waals surface area contributed by atoms with Crippen molar-refractivity contribution >= 4 is 5.91 Å². The number of amides is 1. The van der Waals surface area contributed by atoms with Gasteiger partial charge in [-0.25, -0.2) is 4.98 Å². The number of ether oxygens (including phenoxy) is 1. The first kappa shape index (κ1) is 13.1. The Kier molecular flexibility index (Phi) is 4.50. The lowest BCUT2D eigenvalue weighted by Gasteiger charge is -2.09. The van der Waals surface area contributed by atoms with Crippen LogP contribution < -0.4 is 10.1 Å². The van der Waals surface area contributed by atoms with Gasteiger partial charge in [-0.3, -0.25) is 4.79 Å². The highest BCUT2D eigenvalue weighted by Gasteiger charge is 2.07. The van der Waals surface area contributed by atoms with Gasteiger partial charge in [-0.05, 0) is 25.1 Å². The molecule has 19 heavy (non-hydrogen) atoms. The number of rotatable bonds is 5. The summed E-state index contributed by atoms with van der Waals surface area (Å²) in [6, 6.07) is 12.8. The van der Waals surface area contributed by atoms with Crippen LogP contribution in [0.5, 0.6) is 5.88 Å². The van der Waals surface area contributed by atoms with Crippen LogP contribution in [0.15, 0.2) is 48.7 Å². The Bertz CT molecular complexity index is 541. The molecule has 1 heterocycles. The molecule has 0 radical (unpaired) electrons. The first-order valence-corrected chi connectivity index (χ1v) is 6.21. The van der Waals surface area contributed by atoms with E-state index in [0.29, 0.717) is 24.6 Å². The third-order valence-electron chi connectivity index (χ3n) is 2.61. The third-order valence-corrected chi connectivity index (χ3v) is 2.61. The number of carbonyl (C=O) groups excluding carboxylic acids is 1. The minimum atomic E-state index is -0.105. The van der Waals surface area contributed by atoms with Gasteiger partial charge in [0.2, 0.25) is 5.88 Å². The molecule has 1 N–H and O–H groups in total. The zero-order valence-electron chi connectivity index (χ0n) is 10.8. The number of nitrogens with zero attached hydrogens (tertiary/aromatic N) is 1. The molecule has 4 heteroatoms. The van der Waals surface area contributed by atoms with Crippen molar-refractivity contribution in [3.05, 3.63) is 59.8 Å². The zero-order valence-corrected chi connectivity index (χ0v) is 10.8. The number of aromatic nitrogens is 1. The summed E-state index contributed by atoms with van der Waals surface area (Å²) in [4.78, 5) is 16.1. The molecular weight excluding hydrogens is 240 g/mol. The fourth-order valence-electron chi connectivity index (χ4n) is 1.69. The van der Waals surface area contributed by atoms with Crippen LogP contribution in [0.2, 0.25) is 0 Å². The highest BCUT2D eigenvalue weighted by Crippen LogP contribution is 2.14. The van der Waals surface area contributed by atoms with Crippen molar-refractivity contribution in [2.45, 2.75) is 13.5 Å². The van der Waals surface area contributed by atoms with Gasteiger partial charge in [0.05, 0.1) is 6.61 Å². The van der Waals surface area contributed by atoms with E-state index in [2.05, 4.69) is 10.3 Å². The monoisotopic (exact) mass is 256 g/mol. The van der Waals surface area contributed by atoms with Gasteiger partial charge in [0.15, 0.2) is 0 Å². The van der Waals surface area contributed by atoms with Crippen LogP contribution in [0.25, 0.3) is 0 Å². The Morgan fingerprint density at radius 2 is 2.00 bits per heavy atom. The van der Waals surface area contributed by atoms with Crippen LogP contribution in [-0.2, 0) is 6.54 Å². The van der Waals surface area contributed by atoms with E-state index in [9.17, 15) is 4.79 Å². The van der Waals surface area contributed by atoms with E-state index in [1.165, 1.54) is 0 Å². The van der Waals surface area contributed by atoms with Crippen molar-refractivity contribution in [3.63, 3.8) is 0 Å². The van der Waals surface area contributed by atoms with Crippen LogP contribution in [0.1, 0.15) is 22.8 Å². The van der Waals surface area contributed by atoms with Crippen LogP contribution in [0.3, 0.4) is 0 Å². The summed E-state index contributed by atoms with van der Waals surface area (Å²) in [5, 5.41) is 2.86. The molecule has 0 fully saturated rings. The molecule has 1 aromatic carbocycles. The van der Waals surface area contributed by atoms with Crippen molar-refractivity contribution in [2.24, 2.45) is 0 Å².